The van der Waals surface area contributed by atoms with Crippen LogP contribution in [0.25, 0.3) is 11.0 Å². The Kier molecular flexibility index (Phi) is 7.83. The van der Waals surface area contributed by atoms with Gasteiger partial charge in [0.2, 0.25) is 5.88 Å². The summed E-state index contributed by atoms with van der Waals surface area (Å²) in [5.41, 5.74) is 3.97. The molecular weight excluding hydrogens is 539 g/mol. The number of likely N-dealkylation sites (tertiary alicyclic amines) is 1. The minimum absolute atomic E-state index is 0.0751. The molecule has 0 radical (unpaired) electrons. The molecule has 2 saturated heterocycles. The van der Waals surface area contributed by atoms with E-state index in [-0.39, 0.29) is 30.0 Å². The Hall–Kier alpha value is -4.02. The smallest absolute Gasteiger partial charge is 0.335 e. The van der Waals surface area contributed by atoms with E-state index in [9.17, 15) is 14.3 Å². The van der Waals surface area contributed by atoms with E-state index >= 15 is 0 Å². The number of carbonyl (C=O) groups is 1. The Balaban J connectivity index is 1.21. The van der Waals surface area contributed by atoms with E-state index in [0.717, 1.165) is 48.7 Å². The fourth-order valence-corrected chi connectivity index (χ4v) is 5.94. The van der Waals surface area contributed by atoms with Crippen LogP contribution in [0.1, 0.15) is 52.3 Å². The van der Waals surface area contributed by atoms with Crippen molar-refractivity contribution in [3.8, 4) is 11.6 Å². The number of rotatable bonds is 10. The molecule has 0 amide bonds. The van der Waals surface area contributed by atoms with Crippen LogP contribution < -0.4 is 9.47 Å². The first-order valence-electron chi connectivity index (χ1n) is 14.3. The summed E-state index contributed by atoms with van der Waals surface area (Å²) in [6.45, 7) is 7.83. The lowest BCUT2D eigenvalue weighted by Gasteiger charge is -2.28. The molecule has 0 unspecified atom stereocenters. The summed E-state index contributed by atoms with van der Waals surface area (Å²) >= 11 is 0. The maximum Gasteiger partial charge on any atom is 0.335 e. The van der Waals surface area contributed by atoms with Gasteiger partial charge in [-0.3, -0.25) is 4.90 Å². The molecule has 0 bridgehead atoms. The third-order valence-corrected chi connectivity index (χ3v) is 8.30. The fraction of sp³-hybridized carbons (Fsp3) is 0.406. The monoisotopic (exact) mass is 574 g/mol. The van der Waals surface area contributed by atoms with Crippen LogP contribution in [0.2, 0.25) is 0 Å². The minimum atomic E-state index is -1.01. The summed E-state index contributed by atoms with van der Waals surface area (Å²) in [5.74, 6) is 0.987. The van der Waals surface area contributed by atoms with Crippen molar-refractivity contribution in [3.63, 3.8) is 0 Å². The number of aromatic carboxylic acids is 1. The molecule has 2 aromatic carbocycles. The largest absolute Gasteiger partial charge is 0.494 e. The summed E-state index contributed by atoms with van der Waals surface area (Å²) in [4.78, 5) is 23.9. The molecule has 0 saturated carbocycles. The number of fused-ring (bicyclic) bond motifs is 1. The molecule has 2 fully saturated rings. The van der Waals surface area contributed by atoms with Crippen molar-refractivity contribution in [3.05, 3.63) is 82.6 Å². The summed E-state index contributed by atoms with van der Waals surface area (Å²) < 4.78 is 33.5. The van der Waals surface area contributed by atoms with Crippen molar-refractivity contribution in [2.75, 3.05) is 26.8 Å². The van der Waals surface area contributed by atoms with Gasteiger partial charge in [-0.2, -0.15) is 0 Å². The highest BCUT2D eigenvalue weighted by molar-refractivity contribution is 5.95. The van der Waals surface area contributed by atoms with Gasteiger partial charge >= 0.3 is 5.97 Å². The van der Waals surface area contributed by atoms with Crippen LogP contribution in [0.4, 0.5) is 4.39 Å². The van der Waals surface area contributed by atoms with Crippen LogP contribution in [0, 0.1) is 18.7 Å². The number of carboxylic acids is 1. The van der Waals surface area contributed by atoms with Gasteiger partial charge in [-0.25, -0.2) is 19.2 Å². The molecule has 1 N–H and O–H groups in total. The van der Waals surface area contributed by atoms with Crippen molar-refractivity contribution in [1.29, 1.82) is 0 Å². The lowest BCUT2D eigenvalue weighted by Crippen LogP contribution is -2.32. The van der Waals surface area contributed by atoms with E-state index in [1.54, 1.807) is 24.3 Å². The maximum atomic E-state index is 14.2. The van der Waals surface area contributed by atoms with Crippen molar-refractivity contribution in [1.82, 2.24) is 19.4 Å². The predicted octanol–water partition coefficient (Wildman–Crippen LogP) is 5.19. The van der Waals surface area contributed by atoms with E-state index in [0.29, 0.717) is 41.7 Å². The Morgan fingerprint density at radius 3 is 2.74 bits per heavy atom. The number of nitrogens with zero attached hydrogens (tertiary/aromatic N) is 4. The number of pyridine rings is 1. The topological polar surface area (TPSA) is 98.9 Å². The summed E-state index contributed by atoms with van der Waals surface area (Å²) in [7, 11) is 1.53. The third-order valence-electron chi connectivity index (χ3n) is 8.30. The number of halogens is 1. The molecule has 2 aliphatic heterocycles. The minimum Gasteiger partial charge on any atom is -0.494 e. The average Bonchev–Trinajstić information content (AvgIpc) is 3.49. The summed E-state index contributed by atoms with van der Waals surface area (Å²) in [6.07, 6.45) is 1.03. The highest BCUT2D eigenvalue weighted by Gasteiger charge is 2.33. The number of aromatic nitrogens is 3. The number of carboxylic acid groups (broad SMARTS) is 1. The van der Waals surface area contributed by atoms with E-state index in [4.69, 9.17) is 24.2 Å². The molecule has 4 heterocycles. The normalized spacial score (nSPS) is 20.5. The van der Waals surface area contributed by atoms with Gasteiger partial charge < -0.3 is 23.9 Å². The van der Waals surface area contributed by atoms with Crippen molar-refractivity contribution in [2.24, 2.45) is 5.92 Å². The molecule has 0 spiro atoms. The van der Waals surface area contributed by atoms with E-state index < -0.39 is 5.97 Å². The second-order valence-electron chi connectivity index (χ2n) is 11.3. The van der Waals surface area contributed by atoms with Crippen LogP contribution >= 0.6 is 0 Å². The van der Waals surface area contributed by atoms with Crippen molar-refractivity contribution in [2.45, 2.75) is 52.0 Å². The number of hydrogen-bond donors (Lipinski definition) is 1. The number of hydrogen-bond acceptors (Lipinski definition) is 7. The number of ether oxygens (including phenoxy) is 3. The summed E-state index contributed by atoms with van der Waals surface area (Å²) in [5, 5.41) is 9.68. The number of benzene rings is 2. The predicted molar refractivity (Wildman–Crippen MR) is 154 cm³/mol. The number of methoxy groups -OCH3 is 1. The lowest BCUT2D eigenvalue weighted by atomic mass is 9.94. The molecule has 42 heavy (non-hydrogen) atoms. The molecule has 220 valence electrons. The maximum absolute atomic E-state index is 14.2. The van der Waals surface area contributed by atoms with Crippen LogP contribution in [-0.4, -0.2) is 63.4 Å². The third kappa shape index (κ3) is 5.69. The molecule has 2 aliphatic rings. The highest BCUT2D eigenvalue weighted by atomic mass is 19.1. The molecule has 4 aromatic rings. The standard InChI is InChI=1S/C32H35FN4O5/c1-19-7-8-25(33)22(11-19)18-42-30-6-4-5-26(34-30)24-16-36(14-20(24)2)17-29-35-31-27(37(29)15-23-9-10-41-23)12-21(32(38)39)13-28(31)40-3/h4-8,11-13,20,23-24H,9-10,14-18H2,1-3H3,(H,38,39)/t20-,23-,24+/m0/s1. The zero-order valence-corrected chi connectivity index (χ0v) is 24.0. The van der Waals surface area contributed by atoms with Gasteiger partial charge in [-0.05, 0) is 49.6 Å². The lowest BCUT2D eigenvalue weighted by molar-refractivity contribution is -0.0591. The Bertz CT molecular complexity index is 1620. The van der Waals surface area contributed by atoms with Crippen LogP contribution in [0.5, 0.6) is 11.6 Å². The fourth-order valence-electron chi connectivity index (χ4n) is 5.94. The Labute approximate surface area is 243 Å². The van der Waals surface area contributed by atoms with Gasteiger partial charge in [0.25, 0.3) is 0 Å². The molecule has 6 rings (SSSR count). The van der Waals surface area contributed by atoms with Crippen LogP contribution in [0.3, 0.4) is 0 Å². The molecule has 0 aliphatic carbocycles. The average molecular weight is 575 g/mol. The number of imidazole rings is 1. The van der Waals surface area contributed by atoms with Gasteiger partial charge in [0.1, 0.15) is 29.5 Å². The van der Waals surface area contributed by atoms with Gasteiger partial charge in [-0.15, -0.1) is 0 Å². The van der Waals surface area contributed by atoms with E-state index in [1.165, 1.54) is 19.2 Å². The Morgan fingerprint density at radius 2 is 2.00 bits per heavy atom. The van der Waals surface area contributed by atoms with Gasteiger partial charge in [0.15, 0.2) is 0 Å². The SMILES string of the molecule is COc1cc(C(=O)O)cc2c1nc(CN1C[C@H](C)[C@H](c3cccc(OCc4cc(C)ccc4F)n3)C1)n2C[C@@H]1CCO1. The van der Waals surface area contributed by atoms with Crippen molar-refractivity contribution < 1.29 is 28.5 Å². The van der Waals surface area contributed by atoms with E-state index in [1.807, 2.05) is 19.1 Å². The second-order valence-corrected chi connectivity index (χ2v) is 11.3. The first-order valence-corrected chi connectivity index (χ1v) is 14.3. The van der Waals surface area contributed by atoms with E-state index in [2.05, 4.69) is 16.4 Å². The molecule has 3 atom stereocenters. The zero-order chi connectivity index (χ0) is 29.4. The van der Waals surface area contributed by atoms with Crippen LogP contribution in [0.15, 0.2) is 48.5 Å². The second kappa shape index (κ2) is 11.7. The summed E-state index contributed by atoms with van der Waals surface area (Å²) in [6, 6.07) is 13.9. The first-order chi connectivity index (χ1) is 20.3. The van der Waals surface area contributed by atoms with Crippen molar-refractivity contribution >= 4 is 17.0 Å². The zero-order valence-electron chi connectivity index (χ0n) is 24.0. The van der Waals surface area contributed by atoms with Gasteiger partial charge in [0, 0.05) is 42.9 Å². The highest BCUT2D eigenvalue weighted by Crippen LogP contribution is 2.35. The molecule has 10 heteroatoms. The number of aryl methyl sites for hydroxylation is 1. The Morgan fingerprint density at radius 1 is 1.17 bits per heavy atom. The van der Waals surface area contributed by atoms with Gasteiger partial charge in [0.05, 0.1) is 37.4 Å². The molecule has 2 aromatic heterocycles. The first kappa shape index (κ1) is 28.1. The van der Waals surface area contributed by atoms with Crippen LogP contribution in [-0.2, 0) is 24.4 Å². The molecular formula is C32H35FN4O5. The van der Waals surface area contributed by atoms with Gasteiger partial charge in [-0.1, -0.05) is 24.6 Å². The quantitative estimate of drug-likeness (QED) is 0.276. The molecule has 9 nitrogen and oxygen atoms in total.